The number of piperidine rings is 1. The number of amides is 1. The number of imidazole rings is 1. The summed E-state index contributed by atoms with van der Waals surface area (Å²) in [6, 6.07) is 3.12. The molecule has 4 heterocycles. The van der Waals surface area contributed by atoms with Crippen LogP contribution in [0.3, 0.4) is 0 Å². The molecule has 1 aliphatic heterocycles. The predicted molar refractivity (Wildman–Crippen MR) is 107 cm³/mol. The number of hydrogen-bond donors (Lipinski definition) is 1. The number of carbonyl (C=O) groups is 1. The molecule has 1 aliphatic rings. The van der Waals surface area contributed by atoms with E-state index in [1.54, 1.807) is 6.07 Å². The van der Waals surface area contributed by atoms with E-state index in [-0.39, 0.29) is 5.76 Å². The fourth-order valence-electron chi connectivity index (χ4n) is 3.28. The normalized spacial score (nSPS) is 16.3. The van der Waals surface area contributed by atoms with Crippen molar-refractivity contribution in [2.45, 2.75) is 29.2 Å². The van der Waals surface area contributed by atoms with Gasteiger partial charge in [0.05, 0.1) is 12.6 Å². The SMILES string of the molecule is O=C(NC(n1cnc2c(N3CCCCC3)ncnc21)C(Cl)(Cl)Cl)c1ccco1. The van der Waals surface area contributed by atoms with Gasteiger partial charge in [0, 0.05) is 13.1 Å². The molecule has 28 heavy (non-hydrogen) atoms. The lowest BCUT2D eigenvalue weighted by Gasteiger charge is -2.28. The number of hydrogen-bond acceptors (Lipinski definition) is 6. The molecule has 148 valence electrons. The summed E-state index contributed by atoms with van der Waals surface area (Å²) in [5, 5.41) is 2.67. The molecule has 0 aliphatic carbocycles. The number of aromatic nitrogens is 4. The Bertz CT molecular complexity index is 963. The topological polar surface area (TPSA) is 89.1 Å². The number of furan rings is 1. The molecule has 11 heteroatoms. The Morgan fingerprint density at radius 2 is 1.96 bits per heavy atom. The molecule has 8 nitrogen and oxygen atoms in total. The molecule has 1 atom stereocenters. The number of anilines is 1. The molecule has 0 aromatic carbocycles. The van der Waals surface area contributed by atoms with Crippen molar-refractivity contribution in [3.05, 3.63) is 36.8 Å². The highest BCUT2D eigenvalue weighted by atomic mass is 35.6. The van der Waals surface area contributed by atoms with Crippen LogP contribution < -0.4 is 10.2 Å². The van der Waals surface area contributed by atoms with E-state index < -0.39 is 15.9 Å². The Kier molecular flexibility index (Phi) is 5.35. The summed E-state index contributed by atoms with van der Waals surface area (Å²) < 4.78 is 4.78. The molecule has 1 amide bonds. The van der Waals surface area contributed by atoms with E-state index in [1.165, 1.54) is 36.0 Å². The summed E-state index contributed by atoms with van der Waals surface area (Å²) in [4.78, 5) is 27.8. The first kappa shape index (κ1) is 19.3. The van der Waals surface area contributed by atoms with Crippen LogP contribution in [0.5, 0.6) is 0 Å². The van der Waals surface area contributed by atoms with Crippen LogP contribution in [0.25, 0.3) is 11.2 Å². The van der Waals surface area contributed by atoms with E-state index in [0.717, 1.165) is 31.7 Å². The van der Waals surface area contributed by atoms with Gasteiger partial charge in [-0.2, -0.15) is 0 Å². The molecule has 3 aromatic heterocycles. The number of nitrogens with one attached hydrogen (secondary N) is 1. The summed E-state index contributed by atoms with van der Waals surface area (Å²) >= 11 is 18.5. The van der Waals surface area contributed by atoms with Crippen LogP contribution in [0, 0.1) is 0 Å². The van der Waals surface area contributed by atoms with Crippen LogP contribution in [0.4, 0.5) is 5.82 Å². The molecule has 0 saturated carbocycles. The third-order valence-electron chi connectivity index (χ3n) is 4.60. The van der Waals surface area contributed by atoms with E-state index in [4.69, 9.17) is 39.2 Å². The molecule has 4 rings (SSSR count). The zero-order chi connectivity index (χ0) is 19.7. The number of alkyl halides is 3. The molecule has 1 saturated heterocycles. The van der Waals surface area contributed by atoms with Crippen molar-refractivity contribution in [3.63, 3.8) is 0 Å². The second-order valence-corrected chi connectivity index (χ2v) is 8.83. The van der Waals surface area contributed by atoms with E-state index >= 15 is 0 Å². The Morgan fingerprint density at radius 3 is 2.64 bits per heavy atom. The number of halogens is 3. The maximum atomic E-state index is 12.5. The van der Waals surface area contributed by atoms with Crippen molar-refractivity contribution in [2.24, 2.45) is 0 Å². The highest BCUT2D eigenvalue weighted by molar-refractivity contribution is 6.68. The lowest BCUT2D eigenvalue weighted by atomic mass is 10.1. The van der Waals surface area contributed by atoms with Crippen LogP contribution in [0.2, 0.25) is 0 Å². The Balaban J connectivity index is 1.71. The van der Waals surface area contributed by atoms with Gasteiger partial charge in [-0.3, -0.25) is 9.36 Å². The predicted octanol–water partition coefficient (Wildman–Crippen LogP) is 3.71. The number of rotatable bonds is 4. The Labute approximate surface area is 175 Å². The summed E-state index contributed by atoms with van der Waals surface area (Å²) in [7, 11) is 0. The fraction of sp³-hybridized carbons (Fsp3) is 0.412. The minimum atomic E-state index is -1.86. The molecule has 1 fully saturated rings. The molecule has 1 unspecified atom stereocenters. The van der Waals surface area contributed by atoms with Crippen LogP contribution in [0.15, 0.2) is 35.5 Å². The smallest absolute Gasteiger partial charge is 0.288 e. The van der Waals surface area contributed by atoms with E-state index in [1.807, 2.05) is 0 Å². The van der Waals surface area contributed by atoms with Crippen molar-refractivity contribution in [1.29, 1.82) is 0 Å². The first-order chi connectivity index (χ1) is 13.4. The third-order valence-corrected chi connectivity index (χ3v) is 5.22. The van der Waals surface area contributed by atoms with Gasteiger partial charge in [0.15, 0.2) is 28.9 Å². The van der Waals surface area contributed by atoms with Gasteiger partial charge in [-0.1, -0.05) is 34.8 Å². The Hall–Kier alpha value is -2.03. The minimum absolute atomic E-state index is 0.104. The summed E-state index contributed by atoms with van der Waals surface area (Å²) in [6.07, 6.45) is 6.68. The fourth-order valence-corrected chi connectivity index (χ4v) is 3.76. The summed E-state index contributed by atoms with van der Waals surface area (Å²) in [6.45, 7) is 1.81. The van der Waals surface area contributed by atoms with Crippen LogP contribution in [-0.2, 0) is 0 Å². The largest absolute Gasteiger partial charge is 0.459 e. The average molecular weight is 444 g/mol. The molecule has 0 bridgehead atoms. The molecule has 0 radical (unpaired) electrons. The van der Waals surface area contributed by atoms with Gasteiger partial charge < -0.3 is 14.6 Å². The molecular weight excluding hydrogens is 427 g/mol. The van der Waals surface area contributed by atoms with Crippen molar-refractivity contribution < 1.29 is 9.21 Å². The van der Waals surface area contributed by atoms with E-state index in [0.29, 0.717) is 11.2 Å². The van der Waals surface area contributed by atoms with Gasteiger partial charge in [0.1, 0.15) is 6.33 Å². The summed E-state index contributed by atoms with van der Waals surface area (Å²) in [5.74, 6) is 0.324. The minimum Gasteiger partial charge on any atom is -0.459 e. The van der Waals surface area contributed by atoms with E-state index in [9.17, 15) is 4.79 Å². The third kappa shape index (κ3) is 3.76. The standard InChI is InChI=1S/C17H17Cl3N6O2/c18-17(19,20)16(24-15(27)11-5-4-8-28-11)26-10-23-12-13(21-9-22-14(12)26)25-6-2-1-3-7-25/h4-5,8-10,16H,1-3,6-7H2,(H,24,27). The number of fused-ring (bicyclic) bond motifs is 1. The van der Waals surface area contributed by atoms with Crippen molar-refractivity contribution >= 4 is 57.7 Å². The van der Waals surface area contributed by atoms with Gasteiger partial charge in [0.2, 0.25) is 3.79 Å². The van der Waals surface area contributed by atoms with Gasteiger partial charge >= 0.3 is 0 Å². The maximum absolute atomic E-state index is 12.5. The number of carbonyl (C=O) groups excluding carboxylic acids is 1. The summed E-state index contributed by atoms with van der Waals surface area (Å²) in [5.41, 5.74) is 1.06. The number of nitrogens with zero attached hydrogens (tertiary/aromatic N) is 5. The zero-order valence-corrected chi connectivity index (χ0v) is 17.0. The van der Waals surface area contributed by atoms with E-state index in [2.05, 4.69) is 25.2 Å². The first-order valence-electron chi connectivity index (χ1n) is 8.79. The molecule has 0 spiro atoms. The highest BCUT2D eigenvalue weighted by Gasteiger charge is 2.37. The maximum Gasteiger partial charge on any atom is 0.288 e. The van der Waals surface area contributed by atoms with Crippen molar-refractivity contribution in [1.82, 2.24) is 24.8 Å². The molecular formula is C17H17Cl3N6O2. The van der Waals surface area contributed by atoms with Crippen molar-refractivity contribution in [2.75, 3.05) is 18.0 Å². The molecule has 3 aromatic rings. The monoisotopic (exact) mass is 442 g/mol. The molecule has 1 N–H and O–H groups in total. The van der Waals surface area contributed by atoms with Crippen LogP contribution in [0.1, 0.15) is 36.0 Å². The second-order valence-electron chi connectivity index (χ2n) is 6.46. The quantitative estimate of drug-likeness (QED) is 0.618. The lowest BCUT2D eigenvalue weighted by molar-refractivity contribution is 0.0893. The van der Waals surface area contributed by atoms with Gasteiger partial charge in [-0.25, -0.2) is 15.0 Å². The van der Waals surface area contributed by atoms with Crippen molar-refractivity contribution in [3.8, 4) is 0 Å². The van der Waals surface area contributed by atoms with Crippen LogP contribution in [-0.4, -0.2) is 42.3 Å². The first-order valence-corrected chi connectivity index (χ1v) is 9.92. The lowest BCUT2D eigenvalue weighted by Crippen LogP contribution is -2.40. The zero-order valence-electron chi connectivity index (χ0n) is 14.7. The highest BCUT2D eigenvalue weighted by Crippen LogP contribution is 2.38. The van der Waals surface area contributed by atoms with Gasteiger partial charge in [-0.15, -0.1) is 0 Å². The average Bonchev–Trinajstić information content (AvgIpc) is 3.35. The van der Waals surface area contributed by atoms with Gasteiger partial charge in [-0.05, 0) is 31.4 Å². The second kappa shape index (κ2) is 7.77. The van der Waals surface area contributed by atoms with Gasteiger partial charge in [0.25, 0.3) is 5.91 Å². The Morgan fingerprint density at radius 1 is 1.18 bits per heavy atom. The van der Waals surface area contributed by atoms with Crippen LogP contribution >= 0.6 is 34.8 Å².